The van der Waals surface area contributed by atoms with Gasteiger partial charge < -0.3 is 25.2 Å². The average molecular weight is 497 g/mol. The maximum absolute atomic E-state index is 10.7. The summed E-state index contributed by atoms with van der Waals surface area (Å²) in [6.45, 7) is 2.85. The molecule has 5 heteroatoms. The summed E-state index contributed by atoms with van der Waals surface area (Å²) in [6, 6.07) is 0. The topological polar surface area (TPSA) is 90.2 Å². The minimum absolute atomic E-state index is 0.0169. The van der Waals surface area contributed by atoms with E-state index in [0.29, 0.717) is 43.1 Å². The third-order valence-electron chi connectivity index (χ3n) is 8.92. The zero-order valence-electron chi connectivity index (χ0n) is 27.5. The van der Waals surface area contributed by atoms with Crippen LogP contribution in [0.5, 0.6) is 0 Å². The maximum atomic E-state index is 10.7. The molecule has 0 amide bonds. The lowest BCUT2D eigenvalue weighted by Crippen LogP contribution is -2.45. The highest BCUT2D eigenvalue weighted by atomic mass is 16.5. The minimum atomic E-state index is -2.98. The first-order chi connectivity index (χ1) is 19.0. The van der Waals surface area contributed by atoms with E-state index in [0.717, 1.165) is 37.7 Å². The van der Waals surface area contributed by atoms with Crippen molar-refractivity contribution in [3.8, 4) is 0 Å². The molecule has 5 nitrogen and oxygen atoms in total. The molecule has 0 unspecified atom stereocenters. The minimum Gasteiger partial charge on any atom is -0.396 e. The molecule has 0 aromatic rings. The number of ether oxygens (including phenoxy) is 1. The molecule has 0 bridgehead atoms. The molecule has 0 aromatic carbocycles. The lowest BCUT2D eigenvalue weighted by Gasteiger charge is -2.44. The summed E-state index contributed by atoms with van der Waals surface area (Å²) in [7, 11) is 0. The Morgan fingerprint density at radius 2 is 2.03 bits per heavy atom. The van der Waals surface area contributed by atoms with Gasteiger partial charge in [0.05, 0.1) is 11.7 Å². The first kappa shape index (κ1) is 21.0. The molecule has 3 saturated carbocycles. The van der Waals surface area contributed by atoms with Crippen LogP contribution in [0, 0.1) is 23.2 Å². The Bertz CT molecular complexity index is 959. The Kier molecular flexibility index (Phi) is 7.23. The van der Waals surface area contributed by atoms with Crippen LogP contribution in [0.4, 0.5) is 0 Å². The summed E-state index contributed by atoms with van der Waals surface area (Å²) in [6.07, 6.45) is 8.18. The van der Waals surface area contributed by atoms with Gasteiger partial charge in [-0.25, -0.2) is 0 Å². The van der Waals surface area contributed by atoms with E-state index in [1.54, 1.807) is 0 Å². The second-order valence-corrected chi connectivity index (χ2v) is 11.4. The molecule has 3 rings (SSSR count). The van der Waals surface area contributed by atoms with E-state index >= 15 is 0 Å². The second-order valence-electron chi connectivity index (χ2n) is 11.4. The molecule has 7 atom stereocenters. The van der Waals surface area contributed by atoms with Crippen molar-refractivity contribution in [3.63, 3.8) is 0 Å². The van der Waals surface area contributed by atoms with Crippen LogP contribution in [0.3, 0.4) is 0 Å². The smallest absolute Gasteiger partial charge is 0.114 e. The monoisotopic (exact) mass is 496 g/mol. The SMILES string of the molecule is [2H]C([2H])([2H])C(O)(CCC[C@@H](C)[C@H]1CC[C@H]2C(=C/C=C3/C[C@@H](O)[C@@H](OCCCO)[C@H](O)C3=C)CCC[C@]12C)C([2H])([2H])[2H]. The van der Waals surface area contributed by atoms with Crippen molar-refractivity contribution in [3.05, 3.63) is 35.5 Å². The summed E-state index contributed by atoms with van der Waals surface area (Å²) < 4.78 is 51.4. The summed E-state index contributed by atoms with van der Waals surface area (Å²) in [4.78, 5) is 0. The highest BCUT2D eigenvalue weighted by Crippen LogP contribution is 2.60. The van der Waals surface area contributed by atoms with Crippen LogP contribution in [0.15, 0.2) is 35.5 Å². The van der Waals surface area contributed by atoms with Crippen molar-refractivity contribution in [2.45, 2.75) is 116 Å². The van der Waals surface area contributed by atoms with E-state index in [-0.39, 0.29) is 31.0 Å². The van der Waals surface area contributed by atoms with Crippen molar-refractivity contribution < 1.29 is 33.4 Å². The lowest BCUT2D eigenvalue weighted by atomic mass is 9.60. The number of fused-ring (bicyclic) bond motifs is 1. The highest BCUT2D eigenvalue weighted by molar-refractivity contribution is 5.40. The van der Waals surface area contributed by atoms with Gasteiger partial charge >= 0.3 is 0 Å². The van der Waals surface area contributed by atoms with Crippen LogP contribution in [-0.4, -0.2) is 57.6 Å². The number of allylic oxidation sites excluding steroid dienone is 3. The average Bonchev–Trinajstić information content (AvgIpc) is 3.23. The first-order valence-corrected chi connectivity index (χ1v) is 13.4. The maximum Gasteiger partial charge on any atom is 0.114 e. The summed E-state index contributed by atoms with van der Waals surface area (Å²) in [5, 5.41) is 41.0. The van der Waals surface area contributed by atoms with Gasteiger partial charge in [-0.2, -0.15) is 0 Å². The van der Waals surface area contributed by atoms with Crippen LogP contribution in [0.1, 0.15) is 100.0 Å². The molecule has 0 heterocycles. The number of hydrogen-bond acceptors (Lipinski definition) is 5. The van der Waals surface area contributed by atoms with Gasteiger partial charge in [-0.15, -0.1) is 0 Å². The Morgan fingerprint density at radius 1 is 1.26 bits per heavy atom. The first-order valence-electron chi connectivity index (χ1n) is 16.4. The zero-order valence-corrected chi connectivity index (χ0v) is 21.5. The van der Waals surface area contributed by atoms with Crippen molar-refractivity contribution in [2.75, 3.05) is 13.2 Å². The van der Waals surface area contributed by atoms with E-state index in [1.165, 1.54) is 5.57 Å². The fraction of sp³-hybridized carbons (Fsp3) is 0.800. The van der Waals surface area contributed by atoms with Gasteiger partial charge in [-0.1, -0.05) is 51.0 Å². The van der Waals surface area contributed by atoms with Crippen LogP contribution in [0.2, 0.25) is 0 Å². The van der Waals surface area contributed by atoms with Gasteiger partial charge in [-0.3, -0.25) is 0 Å². The molecule has 3 fully saturated rings. The molecule has 0 radical (unpaired) electrons. The highest BCUT2D eigenvalue weighted by Gasteiger charge is 2.50. The molecule has 0 saturated heterocycles. The normalized spacial score (nSPS) is 40.4. The van der Waals surface area contributed by atoms with Crippen molar-refractivity contribution in [2.24, 2.45) is 23.2 Å². The van der Waals surface area contributed by atoms with E-state index in [9.17, 15) is 15.3 Å². The Morgan fingerprint density at radius 3 is 2.74 bits per heavy atom. The van der Waals surface area contributed by atoms with Gasteiger partial charge in [0.1, 0.15) is 12.2 Å². The molecule has 3 aliphatic carbocycles. The van der Waals surface area contributed by atoms with E-state index < -0.39 is 37.6 Å². The van der Waals surface area contributed by atoms with Crippen LogP contribution in [0.25, 0.3) is 0 Å². The van der Waals surface area contributed by atoms with Crippen molar-refractivity contribution in [1.29, 1.82) is 0 Å². The number of hydrogen-bond donors (Lipinski definition) is 4. The third kappa shape index (κ3) is 6.87. The Balaban J connectivity index is 1.67. The van der Waals surface area contributed by atoms with E-state index in [1.807, 2.05) is 6.08 Å². The molecule has 3 aliphatic rings. The van der Waals surface area contributed by atoms with Gasteiger partial charge in [-0.05, 0) is 93.0 Å². The number of aliphatic hydroxyl groups is 4. The van der Waals surface area contributed by atoms with Gasteiger partial charge in [0.15, 0.2) is 0 Å². The van der Waals surface area contributed by atoms with E-state index in [4.69, 9.17) is 18.1 Å². The lowest BCUT2D eigenvalue weighted by molar-refractivity contribution is -0.0968. The predicted molar refractivity (Wildman–Crippen MR) is 141 cm³/mol. The summed E-state index contributed by atoms with van der Waals surface area (Å²) in [5.41, 5.74) is 0.0858. The van der Waals surface area contributed by atoms with Crippen LogP contribution >= 0.6 is 0 Å². The molecule has 200 valence electrons. The molecule has 0 aromatic heterocycles. The fourth-order valence-electron chi connectivity index (χ4n) is 7.04. The van der Waals surface area contributed by atoms with Gasteiger partial charge in [0.25, 0.3) is 0 Å². The largest absolute Gasteiger partial charge is 0.396 e. The molecule has 0 aliphatic heterocycles. The van der Waals surface area contributed by atoms with Gasteiger partial charge in [0, 0.05) is 27.9 Å². The third-order valence-corrected chi connectivity index (χ3v) is 8.92. The van der Waals surface area contributed by atoms with Crippen LogP contribution in [-0.2, 0) is 4.74 Å². The van der Waals surface area contributed by atoms with Gasteiger partial charge in [0.2, 0.25) is 0 Å². The second kappa shape index (κ2) is 12.0. The molecular formula is C30H50O5. The number of aliphatic hydroxyl groups excluding tert-OH is 3. The molecule has 35 heavy (non-hydrogen) atoms. The summed E-state index contributed by atoms with van der Waals surface area (Å²) >= 11 is 0. The molecule has 4 N–H and O–H groups in total. The standard InChI is InChI=1S/C30H50O5/c1-20(9-6-15-29(3,4)34)24-13-14-25-22(10-7-16-30(24,25)5)11-12-23-19-26(32)28(27(33)21(23)2)35-18-8-17-31/h11-12,20,24-28,31-34H,2,6-10,13-19H2,1,3-5H3/b22-11?,23-12-/t20-,24-,25+,26-,27-,28-,30-/m1/s1/i3D3,4D3. The van der Waals surface area contributed by atoms with Crippen LogP contribution < -0.4 is 0 Å². The molecular weight excluding hydrogens is 440 g/mol. The summed E-state index contributed by atoms with van der Waals surface area (Å²) in [5.74, 6) is 1.05. The Hall–Kier alpha value is -0.980. The molecule has 0 spiro atoms. The van der Waals surface area contributed by atoms with Crippen molar-refractivity contribution >= 4 is 0 Å². The van der Waals surface area contributed by atoms with E-state index in [2.05, 4.69) is 26.5 Å². The predicted octanol–water partition coefficient (Wildman–Crippen LogP) is 5.08. The fourth-order valence-corrected chi connectivity index (χ4v) is 7.04. The number of rotatable bonds is 10. The zero-order chi connectivity index (χ0) is 30.8. The Labute approximate surface area is 221 Å². The quantitative estimate of drug-likeness (QED) is 0.317. The van der Waals surface area contributed by atoms with Crippen molar-refractivity contribution in [1.82, 2.24) is 0 Å².